The second-order valence-corrected chi connectivity index (χ2v) is 5.26. The summed E-state index contributed by atoms with van der Waals surface area (Å²) in [5, 5.41) is 0. The smallest absolute Gasteiger partial charge is 0.123 e. The molecule has 0 unspecified atom stereocenters. The molecule has 2 aromatic rings. The Bertz CT molecular complexity index is 521. The van der Waals surface area contributed by atoms with Gasteiger partial charge < -0.3 is 0 Å². The fourth-order valence-electron chi connectivity index (χ4n) is 2.82. The monoisotopic (exact) mass is 255 g/mol. The quantitative estimate of drug-likeness (QED) is 0.806. The summed E-state index contributed by atoms with van der Waals surface area (Å²) >= 11 is 0. The minimum Gasteiger partial charge on any atom is -0.298 e. The van der Waals surface area contributed by atoms with Crippen LogP contribution in [0.1, 0.15) is 23.5 Å². The Balaban J connectivity index is 1.62. The number of halogens is 1. The summed E-state index contributed by atoms with van der Waals surface area (Å²) in [6.45, 7) is 3.14. The van der Waals surface area contributed by atoms with E-state index in [4.69, 9.17) is 0 Å². The Morgan fingerprint density at radius 3 is 2.47 bits per heavy atom. The van der Waals surface area contributed by atoms with E-state index in [2.05, 4.69) is 35.2 Å². The lowest BCUT2D eigenvalue weighted by Crippen LogP contribution is -2.19. The van der Waals surface area contributed by atoms with Gasteiger partial charge in [-0.2, -0.15) is 0 Å². The third kappa shape index (κ3) is 3.02. The molecule has 1 atom stereocenters. The van der Waals surface area contributed by atoms with Crippen molar-refractivity contribution in [2.24, 2.45) is 0 Å². The summed E-state index contributed by atoms with van der Waals surface area (Å²) in [5.41, 5.74) is 2.62. The summed E-state index contributed by atoms with van der Waals surface area (Å²) in [4.78, 5) is 2.45. The fraction of sp³-hybridized carbons (Fsp3) is 0.294. The first kappa shape index (κ1) is 12.4. The van der Waals surface area contributed by atoms with E-state index in [1.807, 2.05) is 12.1 Å². The van der Waals surface area contributed by atoms with E-state index in [1.165, 1.54) is 17.5 Å². The first-order chi connectivity index (χ1) is 9.31. The molecule has 0 spiro atoms. The number of rotatable bonds is 3. The molecular weight excluding hydrogens is 237 g/mol. The normalized spacial score (nSPS) is 19.7. The molecule has 0 N–H and O–H groups in total. The highest BCUT2D eigenvalue weighted by Gasteiger charge is 2.23. The zero-order chi connectivity index (χ0) is 13.1. The maximum atomic E-state index is 12.9. The minimum atomic E-state index is -0.160. The van der Waals surface area contributed by atoms with Crippen LogP contribution >= 0.6 is 0 Å². The van der Waals surface area contributed by atoms with Crippen molar-refractivity contribution in [3.63, 3.8) is 0 Å². The van der Waals surface area contributed by atoms with Crippen molar-refractivity contribution in [3.05, 3.63) is 71.5 Å². The van der Waals surface area contributed by atoms with E-state index in [1.54, 1.807) is 12.1 Å². The average Bonchev–Trinajstić information content (AvgIpc) is 2.91. The van der Waals surface area contributed by atoms with E-state index in [9.17, 15) is 4.39 Å². The van der Waals surface area contributed by atoms with Gasteiger partial charge in [-0.25, -0.2) is 4.39 Å². The Morgan fingerprint density at radius 2 is 1.74 bits per heavy atom. The molecule has 0 aliphatic carbocycles. The van der Waals surface area contributed by atoms with Gasteiger partial charge in [0.15, 0.2) is 0 Å². The van der Waals surface area contributed by atoms with Crippen LogP contribution in [0.15, 0.2) is 54.6 Å². The lowest BCUT2D eigenvalue weighted by molar-refractivity contribution is 0.326. The highest BCUT2D eigenvalue weighted by Crippen LogP contribution is 2.27. The second kappa shape index (κ2) is 5.54. The third-order valence-electron chi connectivity index (χ3n) is 3.86. The number of likely N-dealkylation sites (tertiary alicyclic amines) is 1. The van der Waals surface area contributed by atoms with Gasteiger partial charge in [0.05, 0.1) is 0 Å². The highest BCUT2D eigenvalue weighted by molar-refractivity contribution is 5.22. The molecule has 3 rings (SSSR count). The zero-order valence-electron chi connectivity index (χ0n) is 10.9. The van der Waals surface area contributed by atoms with Crippen LogP contribution in [0.3, 0.4) is 0 Å². The predicted molar refractivity (Wildman–Crippen MR) is 75.5 cm³/mol. The van der Waals surface area contributed by atoms with Crippen molar-refractivity contribution in [1.29, 1.82) is 0 Å². The summed E-state index contributed by atoms with van der Waals surface area (Å²) in [6, 6.07) is 17.6. The molecule has 1 fully saturated rings. The summed E-state index contributed by atoms with van der Waals surface area (Å²) in [6.07, 6.45) is 1.21. The topological polar surface area (TPSA) is 3.24 Å². The Kier molecular flexibility index (Phi) is 3.60. The van der Waals surface area contributed by atoms with Crippen molar-refractivity contribution in [3.8, 4) is 0 Å². The van der Waals surface area contributed by atoms with Crippen LogP contribution < -0.4 is 0 Å². The molecule has 0 bridgehead atoms. The van der Waals surface area contributed by atoms with Crippen LogP contribution in [0, 0.1) is 5.82 Å². The molecule has 1 saturated heterocycles. The maximum Gasteiger partial charge on any atom is 0.123 e. The first-order valence-corrected chi connectivity index (χ1v) is 6.83. The lowest BCUT2D eigenvalue weighted by atomic mass is 9.99. The van der Waals surface area contributed by atoms with E-state index in [-0.39, 0.29) is 5.82 Å². The van der Waals surface area contributed by atoms with Gasteiger partial charge >= 0.3 is 0 Å². The molecule has 1 heterocycles. The fourth-order valence-corrected chi connectivity index (χ4v) is 2.82. The van der Waals surface area contributed by atoms with Crippen LogP contribution in [-0.2, 0) is 6.54 Å². The van der Waals surface area contributed by atoms with E-state index in [0.29, 0.717) is 5.92 Å². The van der Waals surface area contributed by atoms with Gasteiger partial charge in [0.1, 0.15) is 5.82 Å². The van der Waals surface area contributed by atoms with Gasteiger partial charge in [-0.3, -0.25) is 4.90 Å². The molecule has 2 aromatic carbocycles. The average molecular weight is 255 g/mol. The van der Waals surface area contributed by atoms with Crippen molar-refractivity contribution in [1.82, 2.24) is 4.90 Å². The standard InChI is InChI=1S/C17H18FN/c18-17-8-6-14(7-9-17)12-19-11-10-16(13-19)15-4-2-1-3-5-15/h1-9,16H,10-13H2/t16-/m1/s1. The van der Waals surface area contributed by atoms with Gasteiger partial charge in [0.25, 0.3) is 0 Å². The molecule has 19 heavy (non-hydrogen) atoms. The van der Waals surface area contributed by atoms with Gasteiger partial charge in [0, 0.05) is 13.1 Å². The SMILES string of the molecule is Fc1ccc(CN2CC[C@@H](c3ccccc3)C2)cc1. The van der Waals surface area contributed by atoms with Crippen molar-refractivity contribution < 1.29 is 4.39 Å². The molecule has 2 heteroatoms. The van der Waals surface area contributed by atoms with Gasteiger partial charge in [-0.05, 0) is 42.1 Å². The third-order valence-corrected chi connectivity index (χ3v) is 3.86. The van der Waals surface area contributed by atoms with Crippen LogP contribution in [0.4, 0.5) is 4.39 Å². The molecule has 0 aromatic heterocycles. The number of hydrogen-bond acceptors (Lipinski definition) is 1. The highest BCUT2D eigenvalue weighted by atomic mass is 19.1. The van der Waals surface area contributed by atoms with Crippen LogP contribution in [-0.4, -0.2) is 18.0 Å². The molecule has 1 nitrogen and oxygen atoms in total. The van der Waals surface area contributed by atoms with Crippen LogP contribution in [0.2, 0.25) is 0 Å². The van der Waals surface area contributed by atoms with Crippen molar-refractivity contribution in [2.45, 2.75) is 18.9 Å². The summed E-state index contributed by atoms with van der Waals surface area (Å²) in [5.74, 6) is 0.481. The summed E-state index contributed by atoms with van der Waals surface area (Å²) in [7, 11) is 0. The number of hydrogen-bond donors (Lipinski definition) is 0. The van der Waals surface area contributed by atoms with Crippen molar-refractivity contribution >= 4 is 0 Å². The molecule has 1 aliphatic heterocycles. The van der Waals surface area contributed by atoms with E-state index < -0.39 is 0 Å². The largest absolute Gasteiger partial charge is 0.298 e. The van der Waals surface area contributed by atoms with Crippen LogP contribution in [0.25, 0.3) is 0 Å². The number of nitrogens with zero attached hydrogens (tertiary/aromatic N) is 1. The van der Waals surface area contributed by atoms with Gasteiger partial charge in [0.2, 0.25) is 0 Å². The van der Waals surface area contributed by atoms with E-state index in [0.717, 1.165) is 19.6 Å². The molecular formula is C17H18FN. The van der Waals surface area contributed by atoms with Gasteiger partial charge in [-0.15, -0.1) is 0 Å². The summed E-state index contributed by atoms with van der Waals surface area (Å²) < 4.78 is 12.9. The number of benzene rings is 2. The second-order valence-electron chi connectivity index (χ2n) is 5.26. The van der Waals surface area contributed by atoms with E-state index >= 15 is 0 Å². The predicted octanol–water partition coefficient (Wildman–Crippen LogP) is 3.82. The Hall–Kier alpha value is -1.67. The van der Waals surface area contributed by atoms with Crippen molar-refractivity contribution in [2.75, 3.05) is 13.1 Å². The van der Waals surface area contributed by atoms with Gasteiger partial charge in [-0.1, -0.05) is 42.5 Å². The molecule has 98 valence electrons. The Labute approximate surface area is 113 Å². The minimum absolute atomic E-state index is 0.160. The zero-order valence-corrected chi connectivity index (χ0v) is 10.9. The lowest BCUT2D eigenvalue weighted by Gasteiger charge is -2.16. The van der Waals surface area contributed by atoms with Crippen LogP contribution in [0.5, 0.6) is 0 Å². The molecule has 0 amide bonds. The molecule has 1 aliphatic rings. The molecule has 0 radical (unpaired) electrons. The molecule has 0 saturated carbocycles. The maximum absolute atomic E-state index is 12.9. The first-order valence-electron chi connectivity index (χ1n) is 6.83. The Morgan fingerprint density at radius 1 is 1.00 bits per heavy atom.